The molecule has 0 saturated carbocycles. The maximum absolute atomic E-state index is 13.2. The van der Waals surface area contributed by atoms with Gasteiger partial charge in [0.15, 0.2) is 0 Å². The Morgan fingerprint density at radius 3 is 3.00 bits per heavy atom. The zero-order valence-electron chi connectivity index (χ0n) is 14.2. The van der Waals surface area contributed by atoms with Crippen molar-refractivity contribution in [2.24, 2.45) is 0 Å². The number of rotatable bonds is 6. The van der Waals surface area contributed by atoms with Crippen LogP contribution in [-0.4, -0.2) is 45.3 Å². The summed E-state index contributed by atoms with van der Waals surface area (Å²) in [5.74, 6) is 1.09. The average molecular weight is 333 g/mol. The Bertz CT molecular complexity index is 703. The second-order valence-corrected chi connectivity index (χ2v) is 6.54. The second-order valence-electron chi connectivity index (χ2n) is 6.54. The molecule has 0 radical (unpaired) electrons. The SMILES string of the molecule is CCc1nc(CN2CC[C@](O)(COc3cccc(F)c3)C2)c(C)[nH]1. The smallest absolute Gasteiger partial charge is 0.126 e. The predicted octanol–water partition coefficient (Wildman–Crippen LogP) is 2.44. The van der Waals surface area contributed by atoms with Gasteiger partial charge in [0.1, 0.15) is 29.6 Å². The highest BCUT2D eigenvalue weighted by molar-refractivity contribution is 5.22. The maximum Gasteiger partial charge on any atom is 0.126 e. The molecule has 24 heavy (non-hydrogen) atoms. The first kappa shape index (κ1) is 16.9. The van der Waals surface area contributed by atoms with Crippen molar-refractivity contribution >= 4 is 0 Å². The van der Waals surface area contributed by atoms with E-state index in [2.05, 4.69) is 21.8 Å². The Balaban J connectivity index is 1.56. The van der Waals surface area contributed by atoms with Crippen molar-refractivity contribution in [3.8, 4) is 5.75 Å². The Labute approximate surface area is 141 Å². The molecule has 1 saturated heterocycles. The monoisotopic (exact) mass is 333 g/mol. The van der Waals surface area contributed by atoms with Gasteiger partial charge in [-0.3, -0.25) is 4.90 Å². The third kappa shape index (κ3) is 3.94. The fraction of sp³-hybridized carbons (Fsp3) is 0.500. The van der Waals surface area contributed by atoms with Gasteiger partial charge in [0.2, 0.25) is 0 Å². The summed E-state index contributed by atoms with van der Waals surface area (Å²) in [7, 11) is 0. The normalized spacial score (nSPS) is 21.3. The number of halogens is 1. The van der Waals surface area contributed by atoms with E-state index in [1.54, 1.807) is 12.1 Å². The minimum atomic E-state index is -0.913. The number of hydrogen-bond donors (Lipinski definition) is 2. The lowest BCUT2D eigenvalue weighted by Gasteiger charge is -2.23. The molecule has 2 N–H and O–H groups in total. The number of aryl methyl sites for hydroxylation is 2. The van der Waals surface area contributed by atoms with Gasteiger partial charge in [-0.2, -0.15) is 0 Å². The molecule has 130 valence electrons. The molecule has 1 aliphatic rings. The first-order chi connectivity index (χ1) is 11.5. The zero-order chi connectivity index (χ0) is 17.2. The maximum atomic E-state index is 13.2. The molecule has 3 rings (SSSR count). The zero-order valence-corrected chi connectivity index (χ0v) is 14.2. The van der Waals surface area contributed by atoms with Crippen LogP contribution < -0.4 is 4.74 Å². The van der Waals surface area contributed by atoms with E-state index in [1.807, 2.05) is 6.92 Å². The van der Waals surface area contributed by atoms with Crippen LogP contribution in [0.25, 0.3) is 0 Å². The van der Waals surface area contributed by atoms with Crippen molar-refractivity contribution in [2.75, 3.05) is 19.7 Å². The van der Waals surface area contributed by atoms with Gasteiger partial charge in [0, 0.05) is 37.8 Å². The molecule has 1 aromatic carbocycles. The topological polar surface area (TPSA) is 61.4 Å². The first-order valence-electron chi connectivity index (χ1n) is 8.35. The van der Waals surface area contributed by atoms with Gasteiger partial charge in [-0.15, -0.1) is 0 Å². The van der Waals surface area contributed by atoms with Crippen molar-refractivity contribution < 1.29 is 14.2 Å². The second kappa shape index (κ2) is 6.91. The third-order valence-corrected chi connectivity index (χ3v) is 4.46. The standard InChI is InChI=1S/C18H24FN3O2/c1-3-17-20-13(2)16(21-17)10-22-8-7-18(23,11-22)12-24-15-6-4-5-14(19)9-15/h4-6,9,23H,3,7-8,10-12H2,1-2H3,(H,20,21)/t18-/m1/s1. The summed E-state index contributed by atoms with van der Waals surface area (Å²) in [6.45, 7) is 6.28. The van der Waals surface area contributed by atoms with Crippen molar-refractivity contribution in [3.63, 3.8) is 0 Å². The number of aromatic amines is 1. The number of ether oxygens (including phenoxy) is 1. The van der Waals surface area contributed by atoms with Gasteiger partial charge < -0.3 is 14.8 Å². The predicted molar refractivity (Wildman–Crippen MR) is 89.4 cm³/mol. The minimum absolute atomic E-state index is 0.159. The van der Waals surface area contributed by atoms with E-state index in [4.69, 9.17) is 4.74 Å². The highest BCUT2D eigenvalue weighted by Crippen LogP contribution is 2.25. The molecular weight excluding hydrogens is 309 g/mol. The fourth-order valence-electron chi connectivity index (χ4n) is 3.06. The summed E-state index contributed by atoms with van der Waals surface area (Å²) in [6, 6.07) is 5.99. The molecule has 1 aromatic heterocycles. The molecule has 1 atom stereocenters. The Morgan fingerprint density at radius 1 is 1.46 bits per heavy atom. The summed E-state index contributed by atoms with van der Waals surface area (Å²) in [4.78, 5) is 10.0. The average Bonchev–Trinajstić information content (AvgIpc) is 3.10. The summed E-state index contributed by atoms with van der Waals surface area (Å²) < 4.78 is 18.8. The summed E-state index contributed by atoms with van der Waals surface area (Å²) >= 11 is 0. The summed E-state index contributed by atoms with van der Waals surface area (Å²) in [5.41, 5.74) is 1.20. The number of aliphatic hydroxyl groups is 1. The van der Waals surface area contributed by atoms with E-state index in [0.717, 1.165) is 30.2 Å². The van der Waals surface area contributed by atoms with Crippen LogP contribution >= 0.6 is 0 Å². The van der Waals surface area contributed by atoms with Crippen LogP contribution in [0.2, 0.25) is 0 Å². The van der Waals surface area contributed by atoms with E-state index in [1.165, 1.54) is 12.1 Å². The molecule has 0 spiro atoms. The number of hydrogen-bond acceptors (Lipinski definition) is 4. The lowest BCUT2D eigenvalue weighted by atomic mass is 10.1. The molecule has 0 unspecified atom stereocenters. The Kier molecular flexibility index (Phi) is 4.87. The fourth-order valence-corrected chi connectivity index (χ4v) is 3.06. The Hall–Kier alpha value is -1.92. The van der Waals surface area contributed by atoms with Gasteiger partial charge in [-0.05, 0) is 25.5 Å². The third-order valence-electron chi connectivity index (χ3n) is 4.46. The Morgan fingerprint density at radius 2 is 2.29 bits per heavy atom. The largest absolute Gasteiger partial charge is 0.490 e. The molecule has 2 heterocycles. The van der Waals surface area contributed by atoms with Gasteiger partial charge in [-0.1, -0.05) is 13.0 Å². The van der Waals surface area contributed by atoms with Crippen molar-refractivity contribution in [1.29, 1.82) is 0 Å². The molecule has 6 heteroatoms. The van der Waals surface area contributed by atoms with Crippen molar-refractivity contribution in [3.05, 3.63) is 47.3 Å². The minimum Gasteiger partial charge on any atom is -0.490 e. The van der Waals surface area contributed by atoms with E-state index in [0.29, 0.717) is 25.3 Å². The molecule has 0 aliphatic carbocycles. The van der Waals surface area contributed by atoms with Crippen LogP contribution in [0.1, 0.15) is 30.6 Å². The summed E-state index contributed by atoms with van der Waals surface area (Å²) in [5, 5.41) is 10.7. The number of β-amino-alcohol motifs (C(OH)–C–C–N with tert-alkyl or cyclic N) is 1. The van der Waals surface area contributed by atoms with Gasteiger partial charge in [-0.25, -0.2) is 9.37 Å². The van der Waals surface area contributed by atoms with E-state index in [9.17, 15) is 9.50 Å². The number of nitrogens with zero attached hydrogens (tertiary/aromatic N) is 2. The molecule has 0 amide bonds. The van der Waals surface area contributed by atoms with E-state index < -0.39 is 5.60 Å². The van der Waals surface area contributed by atoms with Gasteiger partial charge >= 0.3 is 0 Å². The van der Waals surface area contributed by atoms with E-state index >= 15 is 0 Å². The van der Waals surface area contributed by atoms with Gasteiger partial charge in [0.05, 0.1) is 5.69 Å². The number of likely N-dealkylation sites (tertiary alicyclic amines) is 1. The van der Waals surface area contributed by atoms with E-state index in [-0.39, 0.29) is 12.4 Å². The number of aromatic nitrogens is 2. The van der Waals surface area contributed by atoms with Crippen LogP contribution in [0.5, 0.6) is 5.75 Å². The van der Waals surface area contributed by atoms with Crippen LogP contribution in [0.4, 0.5) is 4.39 Å². The van der Waals surface area contributed by atoms with Crippen molar-refractivity contribution in [1.82, 2.24) is 14.9 Å². The van der Waals surface area contributed by atoms with Crippen LogP contribution in [-0.2, 0) is 13.0 Å². The number of H-pyrrole nitrogens is 1. The van der Waals surface area contributed by atoms with Crippen molar-refractivity contribution in [2.45, 2.75) is 38.8 Å². The quantitative estimate of drug-likeness (QED) is 0.852. The van der Waals surface area contributed by atoms with Crippen LogP contribution in [0.15, 0.2) is 24.3 Å². The number of nitrogens with one attached hydrogen (secondary N) is 1. The van der Waals surface area contributed by atoms with Crippen LogP contribution in [0.3, 0.4) is 0 Å². The summed E-state index contributed by atoms with van der Waals surface area (Å²) in [6.07, 6.45) is 1.51. The lowest BCUT2D eigenvalue weighted by Crippen LogP contribution is -2.39. The molecule has 5 nitrogen and oxygen atoms in total. The number of benzene rings is 1. The van der Waals surface area contributed by atoms with Gasteiger partial charge in [0.25, 0.3) is 0 Å². The molecule has 2 aromatic rings. The molecular formula is C18H24FN3O2. The molecule has 1 fully saturated rings. The first-order valence-corrected chi connectivity index (χ1v) is 8.35. The highest BCUT2D eigenvalue weighted by Gasteiger charge is 2.37. The highest BCUT2D eigenvalue weighted by atomic mass is 19.1. The molecule has 0 bridgehead atoms. The lowest BCUT2D eigenvalue weighted by molar-refractivity contribution is 0.00320. The molecule has 1 aliphatic heterocycles. The number of imidazole rings is 1. The van der Waals surface area contributed by atoms with Crippen LogP contribution in [0, 0.1) is 12.7 Å².